The van der Waals surface area contributed by atoms with Gasteiger partial charge in [-0.15, -0.1) is 0 Å². The van der Waals surface area contributed by atoms with E-state index >= 15 is 0 Å². The summed E-state index contributed by atoms with van der Waals surface area (Å²) in [6, 6.07) is 5.97. The van der Waals surface area contributed by atoms with E-state index in [2.05, 4.69) is 5.32 Å². The van der Waals surface area contributed by atoms with Crippen molar-refractivity contribution in [2.75, 3.05) is 26.3 Å². The number of rotatable bonds is 6. The molecule has 1 aliphatic heterocycles. The maximum atomic E-state index is 12.3. The summed E-state index contributed by atoms with van der Waals surface area (Å²) in [7, 11) is 0. The SMILES string of the molecule is NCC1(CC(=O)NCCc2ccc3c(c2)OCCO3)CCCCC1. The lowest BCUT2D eigenvalue weighted by atomic mass is 9.71. The lowest BCUT2D eigenvalue weighted by molar-refractivity contribution is -0.123. The van der Waals surface area contributed by atoms with Crippen molar-refractivity contribution in [3.05, 3.63) is 23.8 Å². The Morgan fingerprint density at radius 3 is 2.62 bits per heavy atom. The smallest absolute Gasteiger partial charge is 0.220 e. The molecule has 1 amide bonds. The summed E-state index contributed by atoms with van der Waals surface area (Å²) in [6.45, 7) is 2.45. The molecule has 0 aromatic heterocycles. The fraction of sp³-hybridized carbons (Fsp3) is 0.632. The van der Waals surface area contributed by atoms with E-state index in [1.807, 2.05) is 18.2 Å². The Labute approximate surface area is 143 Å². The van der Waals surface area contributed by atoms with Gasteiger partial charge in [0.05, 0.1) is 0 Å². The average Bonchev–Trinajstić information content (AvgIpc) is 2.62. The van der Waals surface area contributed by atoms with Gasteiger partial charge in [0.2, 0.25) is 5.91 Å². The summed E-state index contributed by atoms with van der Waals surface area (Å²) in [5, 5.41) is 3.05. The molecule has 0 unspecified atom stereocenters. The number of ether oxygens (including phenoxy) is 2. The second kappa shape index (κ2) is 7.88. The van der Waals surface area contributed by atoms with Gasteiger partial charge in [0.25, 0.3) is 0 Å². The van der Waals surface area contributed by atoms with Gasteiger partial charge in [-0.2, -0.15) is 0 Å². The Kier molecular flexibility index (Phi) is 5.61. The maximum absolute atomic E-state index is 12.3. The highest BCUT2D eigenvalue weighted by molar-refractivity contribution is 5.76. The molecule has 5 nitrogen and oxygen atoms in total. The molecule has 0 atom stereocenters. The number of amides is 1. The van der Waals surface area contributed by atoms with Gasteiger partial charge in [-0.1, -0.05) is 25.3 Å². The number of fused-ring (bicyclic) bond motifs is 1. The second-order valence-electron chi connectivity index (χ2n) is 7.02. The van der Waals surface area contributed by atoms with Crippen LogP contribution in [0.4, 0.5) is 0 Å². The van der Waals surface area contributed by atoms with Crippen LogP contribution in [0.1, 0.15) is 44.1 Å². The summed E-state index contributed by atoms with van der Waals surface area (Å²) in [6.07, 6.45) is 7.18. The number of carbonyl (C=O) groups is 1. The van der Waals surface area contributed by atoms with E-state index in [0.717, 1.165) is 36.3 Å². The first-order chi connectivity index (χ1) is 11.7. The van der Waals surface area contributed by atoms with E-state index in [9.17, 15) is 4.79 Å². The fourth-order valence-corrected chi connectivity index (χ4v) is 3.75. The zero-order chi connectivity index (χ0) is 16.8. The lowest BCUT2D eigenvalue weighted by Gasteiger charge is -2.35. The van der Waals surface area contributed by atoms with Gasteiger partial charge in [-0.3, -0.25) is 4.79 Å². The predicted octanol–water partition coefficient (Wildman–Crippen LogP) is 2.42. The Hall–Kier alpha value is -1.75. The van der Waals surface area contributed by atoms with Gasteiger partial charge in [-0.25, -0.2) is 0 Å². The van der Waals surface area contributed by atoms with Crippen molar-refractivity contribution < 1.29 is 14.3 Å². The van der Waals surface area contributed by atoms with Gasteiger partial charge in [0.15, 0.2) is 11.5 Å². The molecule has 1 aromatic carbocycles. The van der Waals surface area contributed by atoms with Crippen LogP contribution < -0.4 is 20.5 Å². The molecule has 1 aliphatic carbocycles. The third-order valence-electron chi connectivity index (χ3n) is 5.23. The maximum Gasteiger partial charge on any atom is 0.220 e. The summed E-state index contributed by atoms with van der Waals surface area (Å²) in [5.74, 6) is 1.73. The van der Waals surface area contributed by atoms with Crippen LogP contribution in [0.5, 0.6) is 11.5 Å². The predicted molar refractivity (Wildman–Crippen MR) is 93.3 cm³/mol. The first kappa shape index (κ1) is 17.1. The van der Waals surface area contributed by atoms with Crippen LogP contribution in [0.3, 0.4) is 0 Å². The minimum Gasteiger partial charge on any atom is -0.486 e. The van der Waals surface area contributed by atoms with E-state index in [-0.39, 0.29) is 11.3 Å². The first-order valence-corrected chi connectivity index (χ1v) is 9.06. The third kappa shape index (κ3) is 4.20. The molecule has 3 N–H and O–H groups in total. The Morgan fingerprint density at radius 1 is 1.12 bits per heavy atom. The van der Waals surface area contributed by atoms with E-state index in [0.29, 0.717) is 32.7 Å². The van der Waals surface area contributed by atoms with Gasteiger partial charge in [0, 0.05) is 13.0 Å². The number of carbonyl (C=O) groups excluding carboxylic acids is 1. The van der Waals surface area contributed by atoms with Crippen molar-refractivity contribution in [2.45, 2.75) is 44.9 Å². The molecule has 0 spiro atoms. The Bertz CT molecular complexity index is 568. The molecular formula is C19H28N2O3. The van der Waals surface area contributed by atoms with Crippen LogP contribution in [0, 0.1) is 5.41 Å². The highest BCUT2D eigenvalue weighted by Crippen LogP contribution is 2.38. The number of nitrogens with two attached hydrogens (primary N) is 1. The average molecular weight is 332 g/mol. The van der Waals surface area contributed by atoms with Crippen LogP contribution in [-0.2, 0) is 11.2 Å². The normalized spacial score (nSPS) is 18.9. The van der Waals surface area contributed by atoms with Gasteiger partial charge in [-0.05, 0) is 48.9 Å². The summed E-state index contributed by atoms with van der Waals surface area (Å²) < 4.78 is 11.1. The summed E-state index contributed by atoms with van der Waals surface area (Å²) in [4.78, 5) is 12.3. The van der Waals surface area contributed by atoms with E-state index in [4.69, 9.17) is 15.2 Å². The Balaban J connectivity index is 1.46. The quantitative estimate of drug-likeness (QED) is 0.839. The lowest BCUT2D eigenvalue weighted by Crippen LogP contribution is -2.39. The molecule has 1 aromatic rings. The van der Waals surface area contributed by atoms with Crippen molar-refractivity contribution in [1.82, 2.24) is 5.32 Å². The molecule has 24 heavy (non-hydrogen) atoms. The van der Waals surface area contributed by atoms with Crippen molar-refractivity contribution in [3.8, 4) is 11.5 Å². The summed E-state index contributed by atoms with van der Waals surface area (Å²) in [5.41, 5.74) is 7.14. The van der Waals surface area contributed by atoms with E-state index in [1.54, 1.807) is 0 Å². The molecule has 5 heteroatoms. The first-order valence-electron chi connectivity index (χ1n) is 9.06. The molecule has 2 aliphatic rings. The zero-order valence-corrected chi connectivity index (χ0v) is 14.3. The molecule has 1 fully saturated rings. The number of hydrogen-bond donors (Lipinski definition) is 2. The molecule has 0 bridgehead atoms. The van der Waals surface area contributed by atoms with E-state index in [1.165, 1.54) is 19.3 Å². The zero-order valence-electron chi connectivity index (χ0n) is 14.3. The minimum absolute atomic E-state index is 0.0271. The number of benzene rings is 1. The van der Waals surface area contributed by atoms with Crippen LogP contribution in [-0.4, -0.2) is 32.2 Å². The van der Waals surface area contributed by atoms with Crippen LogP contribution >= 0.6 is 0 Å². The Morgan fingerprint density at radius 2 is 1.88 bits per heavy atom. The standard InChI is InChI=1S/C19H28N2O3/c20-14-19(7-2-1-3-8-19)13-18(22)21-9-6-15-4-5-16-17(12-15)24-11-10-23-16/h4-5,12H,1-3,6-11,13-14,20H2,(H,21,22). The van der Waals surface area contributed by atoms with Gasteiger partial charge >= 0.3 is 0 Å². The van der Waals surface area contributed by atoms with Crippen LogP contribution in [0.25, 0.3) is 0 Å². The van der Waals surface area contributed by atoms with Crippen molar-refractivity contribution in [1.29, 1.82) is 0 Å². The second-order valence-corrected chi connectivity index (χ2v) is 7.02. The number of hydrogen-bond acceptors (Lipinski definition) is 4. The molecule has 1 saturated carbocycles. The molecule has 1 heterocycles. The highest BCUT2D eigenvalue weighted by atomic mass is 16.6. The molecule has 0 saturated heterocycles. The molecule has 0 radical (unpaired) electrons. The summed E-state index contributed by atoms with van der Waals surface area (Å²) >= 11 is 0. The largest absolute Gasteiger partial charge is 0.486 e. The number of nitrogens with one attached hydrogen (secondary N) is 1. The third-order valence-corrected chi connectivity index (χ3v) is 5.23. The van der Waals surface area contributed by atoms with Crippen LogP contribution in [0.2, 0.25) is 0 Å². The van der Waals surface area contributed by atoms with E-state index < -0.39 is 0 Å². The van der Waals surface area contributed by atoms with Gasteiger partial charge < -0.3 is 20.5 Å². The van der Waals surface area contributed by atoms with Crippen molar-refractivity contribution in [3.63, 3.8) is 0 Å². The van der Waals surface area contributed by atoms with Gasteiger partial charge in [0.1, 0.15) is 13.2 Å². The molecule has 132 valence electrons. The molecule has 3 rings (SSSR count). The minimum atomic E-state index is 0.0271. The molecular weight excluding hydrogens is 304 g/mol. The highest BCUT2D eigenvalue weighted by Gasteiger charge is 2.32. The topological polar surface area (TPSA) is 73.6 Å². The van der Waals surface area contributed by atoms with Crippen molar-refractivity contribution >= 4 is 5.91 Å². The fourth-order valence-electron chi connectivity index (χ4n) is 3.75. The monoisotopic (exact) mass is 332 g/mol. The van der Waals surface area contributed by atoms with Crippen LogP contribution in [0.15, 0.2) is 18.2 Å². The van der Waals surface area contributed by atoms with Crippen molar-refractivity contribution in [2.24, 2.45) is 11.1 Å².